The highest BCUT2D eigenvalue weighted by atomic mass is 16.3. The Morgan fingerprint density at radius 3 is 2.40 bits per heavy atom. The van der Waals surface area contributed by atoms with E-state index in [9.17, 15) is 14.7 Å². The summed E-state index contributed by atoms with van der Waals surface area (Å²) in [6.45, 7) is 5.88. The summed E-state index contributed by atoms with van der Waals surface area (Å²) >= 11 is 0. The largest absolute Gasteiger partial charge is 0.503 e. The predicted octanol–water partition coefficient (Wildman–Crippen LogP) is 2.63. The van der Waals surface area contributed by atoms with Gasteiger partial charge in [0.1, 0.15) is 0 Å². The molecular formula is C16H19NO3. The summed E-state index contributed by atoms with van der Waals surface area (Å²) in [6.07, 6.45) is 0. The summed E-state index contributed by atoms with van der Waals surface area (Å²) in [7, 11) is 0. The van der Waals surface area contributed by atoms with E-state index in [1.165, 1.54) is 6.92 Å². The molecule has 1 heterocycles. The van der Waals surface area contributed by atoms with E-state index in [4.69, 9.17) is 0 Å². The van der Waals surface area contributed by atoms with Gasteiger partial charge in [-0.15, -0.1) is 0 Å². The van der Waals surface area contributed by atoms with Crippen LogP contribution in [0.4, 0.5) is 0 Å². The quantitative estimate of drug-likeness (QED) is 0.917. The van der Waals surface area contributed by atoms with Crippen molar-refractivity contribution in [3.63, 3.8) is 0 Å². The van der Waals surface area contributed by atoms with E-state index in [2.05, 4.69) is 0 Å². The van der Waals surface area contributed by atoms with E-state index in [0.717, 1.165) is 5.56 Å². The Morgan fingerprint density at radius 2 is 1.90 bits per heavy atom. The smallest absolute Gasteiger partial charge is 0.290 e. The van der Waals surface area contributed by atoms with E-state index < -0.39 is 17.7 Å². The van der Waals surface area contributed by atoms with Gasteiger partial charge in [-0.05, 0) is 18.4 Å². The summed E-state index contributed by atoms with van der Waals surface area (Å²) in [5, 5.41) is 10.0. The molecule has 0 bridgehead atoms. The van der Waals surface area contributed by atoms with Crippen LogP contribution in [0.15, 0.2) is 41.7 Å². The summed E-state index contributed by atoms with van der Waals surface area (Å²) in [5.41, 5.74) is 1.04. The molecule has 1 amide bonds. The number of aliphatic hydroxyl groups excluding tert-OH is 1. The Labute approximate surface area is 118 Å². The summed E-state index contributed by atoms with van der Waals surface area (Å²) in [4.78, 5) is 25.6. The van der Waals surface area contributed by atoms with Crippen molar-refractivity contribution in [3.8, 4) is 0 Å². The van der Waals surface area contributed by atoms with Crippen LogP contribution < -0.4 is 0 Å². The first-order valence-electron chi connectivity index (χ1n) is 6.73. The molecule has 0 saturated heterocycles. The molecule has 1 aromatic rings. The molecule has 1 aromatic carbocycles. The van der Waals surface area contributed by atoms with Gasteiger partial charge in [0, 0.05) is 6.54 Å². The predicted molar refractivity (Wildman–Crippen MR) is 76.1 cm³/mol. The SMILES string of the molecule is CC(=O)C1=C(O)C(=O)N(CC(C)C)C1c1ccccc1. The highest BCUT2D eigenvalue weighted by Gasteiger charge is 2.42. The number of benzene rings is 1. The summed E-state index contributed by atoms with van der Waals surface area (Å²) in [5.74, 6) is -0.884. The minimum absolute atomic E-state index is 0.196. The minimum atomic E-state index is -0.483. The zero-order valence-electron chi connectivity index (χ0n) is 12.0. The Morgan fingerprint density at radius 1 is 1.30 bits per heavy atom. The van der Waals surface area contributed by atoms with E-state index in [1.807, 2.05) is 44.2 Å². The van der Waals surface area contributed by atoms with Gasteiger partial charge in [-0.3, -0.25) is 9.59 Å². The second kappa shape index (κ2) is 5.49. The second-order valence-electron chi connectivity index (χ2n) is 5.48. The van der Waals surface area contributed by atoms with Gasteiger partial charge in [0.2, 0.25) is 0 Å². The molecular weight excluding hydrogens is 254 g/mol. The van der Waals surface area contributed by atoms with Crippen molar-refractivity contribution in [3.05, 3.63) is 47.2 Å². The van der Waals surface area contributed by atoms with Crippen LogP contribution >= 0.6 is 0 Å². The Hall–Kier alpha value is -2.10. The Kier molecular flexibility index (Phi) is 3.93. The van der Waals surface area contributed by atoms with Crippen LogP contribution in [0, 0.1) is 5.92 Å². The first-order valence-corrected chi connectivity index (χ1v) is 6.73. The van der Waals surface area contributed by atoms with Gasteiger partial charge in [-0.25, -0.2) is 0 Å². The first kappa shape index (κ1) is 14.3. The van der Waals surface area contributed by atoms with Crippen LogP contribution in [-0.2, 0) is 9.59 Å². The summed E-state index contributed by atoms with van der Waals surface area (Å²) < 4.78 is 0. The molecule has 1 unspecified atom stereocenters. The maximum Gasteiger partial charge on any atom is 0.290 e. The van der Waals surface area contributed by atoms with Gasteiger partial charge in [-0.2, -0.15) is 0 Å². The molecule has 4 heteroatoms. The monoisotopic (exact) mass is 273 g/mol. The standard InChI is InChI=1S/C16H19NO3/c1-10(2)9-17-14(12-7-5-4-6-8-12)13(11(3)18)15(19)16(17)20/h4-8,10,14,19H,9H2,1-3H3. The number of rotatable bonds is 4. The number of nitrogens with zero attached hydrogens (tertiary/aromatic N) is 1. The number of Topliss-reactive ketones (excluding diaryl/α,β-unsaturated/α-hetero) is 1. The lowest BCUT2D eigenvalue weighted by Crippen LogP contribution is -2.34. The van der Waals surface area contributed by atoms with Gasteiger partial charge in [0.25, 0.3) is 5.91 Å². The Bertz CT molecular complexity index is 560. The fourth-order valence-corrected chi connectivity index (χ4v) is 2.58. The fourth-order valence-electron chi connectivity index (χ4n) is 2.58. The molecule has 0 aliphatic carbocycles. The number of aliphatic hydroxyl groups is 1. The van der Waals surface area contributed by atoms with Crippen molar-refractivity contribution in [2.75, 3.05) is 6.54 Å². The molecule has 0 spiro atoms. The molecule has 1 N–H and O–H groups in total. The highest BCUT2D eigenvalue weighted by molar-refractivity contribution is 6.08. The third-order valence-electron chi connectivity index (χ3n) is 3.36. The van der Waals surface area contributed by atoms with Crippen LogP contribution in [0.1, 0.15) is 32.4 Å². The minimum Gasteiger partial charge on any atom is -0.503 e. The molecule has 2 rings (SSSR count). The number of hydrogen-bond acceptors (Lipinski definition) is 3. The lowest BCUT2D eigenvalue weighted by atomic mass is 9.96. The summed E-state index contributed by atoms with van der Waals surface area (Å²) in [6, 6.07) is 8.86. The van der Waals surface area contributed by atoms with Crippen molar-refractivity contribution in [1.82, 2.24) is 4.90 Å². The van der Waals surface area contributed by atoms with E-state index in [1.54, 1.807) is 4.90 Å². The van der Waals surface area contributed by atoms with E-state index in [0.29, 0.717) is 6.54 Å². The lowest BCUT2D eigenvalue weighted by molar-refractivity contribution is -0.129. The van der Waals surface area contributed by atoms with Crippen molar-refractivity contribution in [1.29, 1.82) is 0 Å². The molecule has 106 valence electrons. The second-order valence-corrected chi connectivity index (χ2v) is 5.48. The third-order valence-corrected chi connectivity index (χ3v) is 3.36. The van der Waals surface area contributed by atoms with Gasteiger partial charge >= 0.3 is 0 Å². The van der Waals surface area contributed by atoms with Crippen LogP contribution in [0.3, 0.4) is 0 Å². The molecule has 1 aliphatic heterocycles. The van der Waals surface area contributed by atoms with Crippen molar-refractivity contribution in [2.24, 2.45) is 5.92 Å². The Balaban J connectivity index is 2.50. The fraction of sp³-hybridized carbons (Fsp3) is 0.375. The maximum atomic E-state index is 12.2. The first-order chi connectivity index (χ1) is 9.43. The molecule has 1 atom stereocenters. The molecule has 0 fully saturated rings. The molecule has 0 saturated carbocycles. The molecule has 20 heavy (non-hydrogen) atoms. The van der Waals surface area contributed by atoms with Gasteiger partial charge in [-0.1, -0.05) is 44.2 Å². The molecule has 4 nitrogen and oxygen atoms in total. The van der Waals surface area contributed by atoms with Crippen molar-refractivity contribution < 1.29 is 14.7 Å². The molecule has 0 radical (unpaired) electrons. The zero-order chi connectivity index (χ0) is 14.9. The lowest BCUT2D eigenvalue weighted by Gasteiger charge is -2.28. The van der Waals surface area contributed by atoms with Gasteiger partial charge in [0.05, 0.1) is 11.6 Å². The van der Waals surface area contributed by atoms with Gasteiger partial charge in [0.15, 0.2) is 11.5 Å². The number of carbonyl (C=O) groups excluding carboxylic acids is 2. The van der Waals surface area contributed by atoms with Crippen molar-refractivity contribution in [2.45, 2.75) is 26.8 Å². The average Bonchev–Trinajstić information content (AvgIpc) is 2.64. The zero-order valence-corrected chi connectivity index (χ0v) is 12.0. The van der Waals surface area contributed by atoms with Crippen LogP contribution in [-0.4, -0.2) is 28.2 Å². The molecule has 0 aromatic heterocycles. The normalized spacial score (nSPS) is 19.1. The highest BCUT2D eigenvalue weighted by Crippen LogP contribution is 2.37. The number of hydrogen-bond donors (Lipinski definition) is 1. The van der Waals surface area contributed by atoms with Crippen LogP contribution in [0.5, 0.6) is 0 Å². The van der Waals surface area contributed by atoms with Crippen LogP contribution in [0.25, 0.3) is 0 Å². The molecule has 1 aliphatic rings. The van der Waals surface area contributed by atoms with E-state index in [-0.39, 0.29) is 17.3 Å². The van der Waals surface area contributed by atoms with E-state index >= 15 is 0 Å². The average molecular weight is 273 g/mol. The number of amides is 1. The number of carbonyl (C=O) groups is 2. The van der Waals surface area contributed by atoms with Gasteiger partial charge < -0.3 is 10.0 Å². The topological polar surface area (TPSA) is 57.6 Å². The van der Waals surface area contributed by atoms with Crippen LogP contribution in [0.2, 0.25) is 0 Å². The number of ketones is 1. The van der Waals surface area contributed by atoms with Crippen molar-refractivity contribution >= 4 is 11.7 Å². The third kappa shape index (κ3) is 2.46. The maximum absolute atomic E-state index is 12.2.